The minimum atomic E-state index is 0.582. The van der Waals surface area contributed by atoms with Crippen molar-refractivity contribution < 1.29 is 8.83 Å². The molecule has 5 heteroatoms. The van der Waals surface area contributed by atoms with Crippen LogP contribution in [0.2, 0.25) is 0 Å². The molecule has 0 radical (unpaired) electrons. The van der Waals surface area contributed by atoms with Gasteiger partial charge in [0, 0.05) is 49.2 Å². The zero-order valence-corrected chi connectivity index (χ0v) is 25.6. The van der Waals surface area contributed by atoms with Crippen molar-refractivity contribution in [3.05, 3.63) is 152 Å². The van der Waals surface area contributed by atoms with E-state index in [-0.39, 0.29) is 0 Å². The number of hydrogen-bond donors (Lipinski definition) is 0. The predicted octanol–water partition coefficient (Wildman–Crippen LogP) is 11.5. The summed E-state index contributed by atoms with van der Waals surface area (Å²) in [5.41, 5.74) is 8.17. The third-order valence-electron chi connectivity index (χ3n) is 9.14. The molecule has 0 bridgehead atoms. The van der Waals surface area contributed by atoms with Crippen molar-refractivity contribution in [1.82, 2.24) is 15.0 Å². The molecule has 0 saturated carbocycles. The fraction of sp³-hybridized carbons (Fsp3) is 0. The summed E-state index contributed by atoms with van der Waals surface area (Å²) in [5.74, 6) is 1.78. The number of rotatable bonds is 4. The maximum atomic E-state index is 6.59. The van der Waals surface area contributed by atoms with Gasteiger partial charge in [-0.15, -0.1) is 0 Å². The molecule has 10 aromatic rings. The molecule has 0 spiro atoms. The van der Waals surface area contributed by atoms with Crippen LogP contribution >= 0.6 is 0 Å². The minimum Gasteiger partial charge on any atom is -0.456 e. The van der Waals surface area contributed by atoms with Crippen LogP contribution in [-0.4, -0.2) is 15.0 Å². The number of para-hydroxylation sites is 2. The lowest BCUT2D eigenvalue weighted by Crippen LogP contribution is -2.01. The Morgan fingerprint density at radius 2 is 0.917 bits per heavy atom. The smallest absolute Gasteiger partial charge is 0.164 e. The second-order valence-corrected chi connectivity index (χ2v) is 11.9. The van der Waals surface area contributed by atoms with Crippen molar-refractivity contribution in [1.29, 1.82) is 0 Å². The number of furan rings is 2. The van der Waals surface area contributed by atoms with Crippen molar-refractivity contribution in [2.75, 3.05) is 0 Å². The van der Waals surface area contributed by atoms with E-state index in [4.69, 9.17) is 23.8 Å². The van der Waals surface area contributed by atoms with Gasteiger partial charge in [0.15, 0.2) is 17.5 Å². The average molecular weight is 616 g/mol. The molecule has 7 aromatic carbocycles. The van der Waals surface area contributed by atoms with E-state index < -0.39 is 0 Å². The highest BCUT2D eigenvalue weighted by Crippen LogP contribution is 2.42. The van der Waals surface area contributed by atoms with Crippen LogP contribution in [0, 0.1) is 0 Å². The van der Waals surface area contributed by atoms with E-state index in [1.807, 2.05) is 84.9 Å². The van der Waals surface area contributed by atoms with Gasteiger partial charge in [0.05, 0.1) is 0 Å². The number of nitrogens with zero attached hydrogens (tertiary/aromatic N) is 3. The molecule has 0 N–H and O–H groups in total. The fourth-order valence-electron chi connectivity index (χ4n) is 6.99. The Morgan fingerprint density at radius 3 is 1.73 bits per heavy atom. The van der Waals surface area contributed by atoms with Crippen LogP contribution in [-0.2, 0) is 0 Å². The molecular weight excluding hydrogens is 590 g/mol. The Morgan fingerprint density at radius 1 is 0.333 bits per heavy atom. The Hall–Kier alpha value is -6.59. The molecule has 10 rings (SSSR count). The summed E-state index contributed by atoms with van der Waals surface area (Å²) in [6, 6.07) is 51.4. The van der Waals surface area contributed by atoms with Gasteiger partial charge in [0.25, 0.3) is 0 Å². The van der Waals surface area contributed by atoms with Gasteiger partial charge in [-0.05, 0) is 29.1 Å². The van der Waals surface area contributed by atoms with Crippen LogP contribution in [0.5, 0.6) is 0 Å². The van der Waals surface area contributed by atoms with Gasteiger partial charge >= 0.3 is 0 Å². The highest BCUT2D eigenvalue weighted by Gasteiger charge is 2.21. The molecule has 48 heavy (non-hydrogen) atoms. The second-order valence-electron chi connectivity index (χ2n) is 11.9. The zero-order chi connectivity index (χ0) is 31.6. The maximum Gasteiger partial charge on any atom is 0.164 e. The molecule has 3 aromatic heterocycles. The summed E-state index contributed by atoms with van der Waals surface area (Å²) in [5, 5.41) is 6.25. The first-order chi connectivity index (χ1) is 23.8. The topological polar surface area (TPSA) is 65.0 Å². The summed E-state index contributed by atoms with van der Waals surface area (Å²) in [7, 11) is 0. The highest BCUT2D eigenvalue weighted by atomic mass is 16.3. The molecule has 0 amide bonds. The van der Waals surface area contributed by atoms with Gasteiger partial charge < -0.3 is 8.83 Å². The van der Waals surface area contributed by atoms with E-state index in [2.05, 4.69) is 66.7 Å². The molecule has 0 aliphatic rings. The van der Waals surface area contributed by atoms with E-state index in [1.54, 1.807) is 0 Å². The first-order valence-electron chi connectivity index (χ1n) is 15.9. The summed E-state index contributed by atoms with van der Waals surface area (Å²) < 4.78 is 12.9. The predicted molar refractivity (Wildman–Crippen MR) is 194 cm³/mol. The highest BCUT2D eigenvalue weighted by molar-refractivity contribution is 6.22. The van der Waals surface area contributed by atoms with Crippen LogP contribution in [0.1, 0.15) is 0 Å². The van der Waals surface area contributed by atoms with Gasteiger partial charge in [-0.1, -0.05) is 133 Å². The number of aromatic nitrogens is 3. The SMILES string of the molecule is c1ccc(-c2nc(-c3cccc4oc5c(-c6ccccc6)cccc5c34)nc(-c3cccc4ccc5oc6ccccc6c5c34)n2)cc1. The Bertz CT molecular complexity index is 2840. The van der Waals surface area contributed by atoms with Crippen molar-refractivity contribution in [3.8, 4) is 45.3 Å². The second kappa shape index (κ2) is 10.5. The summed E-state index contributed by atoms with van der Waals surface area (Å²) in [6.07, 6.45) is 0. The molecule has 0 fully saturated rings. The van der Waals surface area contributed by atoms with Gasteiger partial charge in [-0.3, -0.25) is 0 Å². The molecular formula is C43H25N3O2. The zero-order valence-electron chi connectivity index (χ0n) is 25.6. The number of fused-ring (bicyclic) bond motifs is 8. The number of benzene rings is 7. The lowest BCUT2D eigenvalue weighted by molar-refractivity contribution is 0.669. The number of hydrogen-bond acceptors (Lipinski definition) is 5. The van der Waals surface area contributed by atoms with Gasteiger partial charge in [0.2, 0.25) is 0 Å². The first-order valence-corrected chi connectivity index (χ1v) is 15.9. The summed E-state index contributed by atoms with van der Waals surface area (Å²) in [6.45, 7) is 0. The average Bonchev–Trinajstić information content (AvgIpc) is 3.74. The van der Waals surface area contributed by atoms with E-state index in [0.717, 1.165) is 82.5 Å². The Labute approximate surface area is 274 Å². The van der Waals surface area contributed by atoms with E-state index in [9.17, 15) is 0 Å². The first kappa shape index (κ1) is 26.6. The molecule has 0 unspecified atom stereocenters. The fourth-order valence-corrected chi connectivity index (χ4v) is 6.99. The summed E-state index contributed by atoms with van der Waals surface area (Å²) >= 11 is 0. The molecule has 3 heterocycles. The van der Waals surface area contributed by atoms with Crippen molar-refractivity contribution in [2.24, 2.45) is 0 Å². The molecule has 5 nitrogen and oxygen atoms in total. The molecule has 0 atom stereocenters. The largest absolute Gasteiger partial charge is 0.456 e. The lowest BCUT2D eigenvalue weighted by Gasteiger charge is -2.11. The maximum absolute atomic E-state index is 6.59. The monoisotopic (exact) mass is 615 g/mol. The lowest BCUT2D eigenvalue weighted by atomic mass is 9.98. The Kier molecular flexibility index (Phi) is 5.81. The van der Waals surface area contributed by atoms with Gasteiger partial charge in [-0.25, -0.2) is 15.0 Å². The minimum absolute atomic E-state index is 0.582. The molecule has 224 valence electrons. The quantitative estimate of drug-likeness (QED) is 0.197. The van der Waals surface area contributed by atoms with Gasteiger partial charge in [-0.2, -0.15) is 0 Å². The van der Waals surface area contributed by atoms with Crippen molar-refractivity contribution in [3.63, 3.8) is 0 Å². The third-order valence-corrected chi connectivity index (χ3v) is 9.14. The third kappa shape index (κ3) is 4.08. The van der Waals surface area contributed by atoms with Crippen LogP contribution in [0.15, 0.2) is 160 Å². The van der Waals surface area contributed by atoms with Gasteiger partial charge in [0.1, 0.15) is 22.3 Å². The van der Waals surface area contributed by atoms with Crippen LogP contribution in [0.3, 0.4) is 0 Å². The van der Waals surface area contributed by atoms with Crippen molar-refractivity contribution >= 4 is 54.6 Å². The molecule has 0 saturated heterocycles. The standard InChI is InChI=1S/C43H25N3O2/c1-3-12-26(13-4-1)29-18-10-19-31-38-33(21-11-23-35(38)48-40(29)31)43-45-41(28-14-5-2-6-15-28)44-42(46-43)32-20-9-16-27-24-25-36-39(37(27)32)30-17-7-8-22-34(30)47-36/h1-25H. The molecule has 0 aliphatic carbocycles. The normalized spacial score (nSPS) is 11.8. The van der Waals surface area contributed by atoms with Crippen LogP contribution in [0.4, 0.5) is 0 Å². The van der Waals surface area contributed by atoms with Crippen LogP contribution < -0.4 is 0 Å². The van der Waals surface area contributed by atoms with E-state index in [1.165, 1.54) is 0 Å². The van der Waals surface area contributed by atoms with E-state index >= 15 is 0 Å². The van der Waals surface area contributed by atoms with Crippen LogP contribution in [0.25, 0.3) is 99.9 Å². The Balaban J connectivity index is 1.27. The van der Waals surface area contributed by atoms with Crippen molar-refractivity contribution in [2.45, 2.75) is 0 Å². The summed E-state index contributed by atoms with van der Waals surface area (Å²) in [4.78, 5) is 15.5. The molecule has 0 aliphatic heterocycles. The van der Waals surface area contributed by atoms with E-state index in [0.29, 0.717) is 17.5 Å².